The maximum Gasteiger partial charge on any atom is 0.191 e. The molecule has 1 aliphatic carbocycles. The minimum Gasteiger partial charge on any atom is -0.493 e. The third kappa shape index (κ3) is 7.27. The minimum absolute atomic E-state index is 0. The molecule has 2 aromatic carbocycles. The number of rotatable bonds is 8. The van der Waals surface area contributed by atoms with Crippen LogP contribution in [0.1, 0.15) is 29.5 Å². The van der Waals surface area contributed by atoms with Crippen LogP contribution in [0.15, 0.2) is 47.5 Å². The van der Waals surface area contributed by atoms with Crippen LogP contribution < -0.4 is 20.3 Å². The molecule has 0 aromatic heterocycles. The maximum atomic E-state index is 6.09. The van der Waals surface area contributed by atoms with E-state index in [9.17, 15) is 0 Å². The van der Waals surface area contributed by atoms with E-state index < -0.39 is 0 Å². The quantitative estimate of drug-likeness (QED) is 0.295. The molecule has 2 aliphatic rings. The topological polar surface area (TPSA) is 58.1 Å². The largest absolute Gasteiger partial charge is 0.493 e. The highest BCUT2D eigenvalue weighted by molar-refractivity contribution is 14.0. The van der Waals surface area contributed by atoms with Gasteiger partial charge in [0.2, 0.25) is 0 Å². The predicted molar refractivity (Wildman–Crippen MR) is 141 cm³/mol. The van der Waals surface area contributed by atoms with Crippen LogP contribution in [-0.4, -0.2) is 45.9 Å². The van der Waals surface area contributed by atoms with Gasteiger partial charge in [-0.25, -0.2) is 0 Å². The van der Waals surface area contributed by atoms with E-state index in [1.165, 1.54) is 29.7 Å². The molecule has 0 radical (unpaired) electrons. The predicted octanol–water partition coefficient (Wildman–Crippen LogP) is 4.10. The van der Waals surface area contributed by atoms with Gasteiger partial charge < -0.3 is 25.0 Å². The molecule has 1 saturated heterocycles. The summed E-state index contributed by atoms with van der Waals surface area (Å²) in [6, 6.07) is 15.1. The number of hydrogen-bond donors (Lipinski definition) is 2. The number of nitrogens with zero attached hydrogens (tertiary/aromatic N) is 2. The summed E-state index contributed by atoms with van der Waals surface area (Å²) in [6.07, 6.45) is 2.59. The SMILES string of the molecule is CN=C(NCc1ccc(N2CCOCC2)cc1)NCc1ccc(C)cc1OCC1CC1.I. The van der Waals surface area contributed by atoms with E-state index in [0.29, 0.717) is 6.54 Å². The normalized spacial score (nSPS) is 16.3. The van der Waals surface area contributed by atoms with Crippen molar-refractivity contribution in [2.45, 2.75) is 32.9 Å². The third-order valence-corrected chi connectivity index (χ3v) is 5.84. The molecule has 4 rings (SSSR count). The number of halogens is 1. The Morgan fingerprint density at radius 3 is 2.47 bits per heavy atom. The lowest BCUT2D eigenvalue weighted by Gasteiger charge is -2.28. The van der Waals surface area contributed by atoms with Crippen LogP contribution in [0.3, 0.4) is 0 Å². The zero-order valence-corrected chi connectivity index (χ0v) is 21.4. The van der Waals surface area contributed by atoms with Crippen molar-refractivity contribution in [3.05, 3.63) is 59.2 Å². The molecule has 0 bridgehead atoms. The molecule has 1 aliphatic heterocycles. The Labute approximate surface area is 208 Å². The van der Waals surface area contributed by atoms with E-state index in [0.717, 1.165) is 62.6 Å². The Hall–Kier alpha value is -2.00. The molecular weight excluding hydrogens is 515 g/mol. The molecule has 1 heterocycles. The average Bonchev–Trinajstić information content (AvgIpc) is 3.64. The van der Waals surface area contributed by atoms with Gasteiger partial charge in [0.05, 0.1) is 19.8 Å². The van der Waals surface area contributed by atoms with Crippen molar-refractivity contribution in [2.75, 3.05) is 44.9 Å². The van der Waals surface area contributed by atoms with Crippen LogP contribution in [0.2, 0.25) is 0 Å². The van der Waals surface area contributed by atoms with Gasteiger partial charge in [-0.05, 0) is 55.0 Å². The second kappa shape index (κ2) is 12.3. The molecule has 2 N–H and O–H groups in total. The molecule has 7 heteroatoms. The molecule has 6 nitrogen and oxygen atoms in total. The maximum absolute atomic E-state index is 6.09. The number of anilines is 1. The second-order valence-corrected chi connectivity index (χ2v) is 8.41. The van der Waals surface area contributed by atoms with E-state index >= 15 is 0 Å². The van der Waals surface area contributed by atoms with Gasteiger partial charge in [0.25, 0.3) is 0 Å². The number of aryl methyl sites for hydroxylation is 1. The van der Waals surface area contributed by atoms with Crippen molar-refractivity contribution < 1.29 is 9.47 Å². The van der Waals surface area contributed by atoms with Crippen molar-refractivity contribution in [1.82, 2.24) is 10.6 Å². The van der Waals surface area contributed by atoms with E-state index in [1.807, 2.05) is 0 Å². The van der Waals surface area contributed by atoms with Gasteiger partial charge >= 0.3 is 0 Å². The van der Waals surface area contributed by atoms with Gasteiger partial charge in [0.15, 0.2) is 5.96 Å². The summed E-state index contributed by atoms with van der Waals surface area (Å²) in [5.74, 6) is 2.50. The number of nitrogens with one attached hydrogen (secondary N) is 2. The standard InChI is InChI=1S/C25H34N4O2.HI/c1-19-3-8-22(24(15-19)31-18-21-4-5-21)17-28-25(26-2)27-16-20-6-9-23(10-7-20)29-11-13-30-14-12-29;/h3,6-10,15,21H,4-5,11-14,16-18H2,1-2H3,(H2,26,27,28);1H. The number of hydrogen-bond acceptors (Lipinski definition) is 4. The van der Waals surface area contributed by atoms with Crippen molar-refractivity contribution in [3.63, 3.8) is 0 Å². The van der Waals surface area contributed by atoms with Crippen molar-refractivity contribution >= 4 is 35.6 Å². The van der Waals surface area contributed by atoms with E-state index in [2.05, 4.69) is 69.9 Å². The molecule has 0 atom stereocenters. The average molecular weight is 550 g/mol. The van der Waals surface area contributed by atoms with Crippen LogP contribution in [-0.2, 0) is 17.8 Å². The highest BCUT2D eigenvalue weighted by Crippen LogP contribution is 2.30. The van der Waals surface area contributed by atoms with Crippen LogP contribution in [0, 0.1) is 12.8 Å². The first-order valence-electron chi connectivity index (χ1n) is 11.3. The van der Waals surface area contributed by atoms with Gasteiger partial charge in [-0.1, -0.05) is 24.3 Å². The summed E-state index contributed by atoms with van der Waals surface area (Å²) >= 11 is 0. The number of benzene rings is 2. The lowest BCUT2D eigenvalue weighted by atomic mass is 10.1. The lowest BCUT2D eigenvalue weighted by molar-refractivity contribution is 0.122. The third-order valence-electron chi connectivity index (χ3n) is 5.84. The first-order valence-corrected chi connectivity index (χ1v) is 11.3. The van der Waals surface area contributed by atoms with Crippen molar-refractivity contribution in [2.24, 2.45) is 10.9 Å². The second-order valence-electron chi connectivity index (χ2n) is 8.41. The first-order chi connectivity index (χ1) is 15.2. The summed E-state index contributed by atoms with van der Waals surface area (Å²) in [5, 5.41) is 6.83. The fraction of sp³-hybridized carbons (Fsp3) is 0.480. The zero-order valence-electron chi connectivity index (χ0n) is 19.1. The summed E-state index contributed by atoms with van der Waals surface area (Å²) in [5.41, 5.74) is 4.86. The number of morpholine rings is 1. The summed E-state index contributed by atoms with van der Waals surface area (Å²) in [6.45, 7) is 7.85. The molecule has 2 aromatic rings. The Kier molecular flexibility index (Phi) is 9.47. The Morgan fingerprint density at radius 2 is 1.78 bits per heavy atom. The van der Waals surface area contributed by atoms with Gasteiger partial charge in [-0.15, -0.1) is 24.0 Å². The zero-order chi connectivity index (χ0) is 21.5. The van der Waals surface area contributed by atoms with Gasteiger partial charge in [-0.2, -0.15) is 0 Å². The van der Waals surface area contributed by atoms with Crippen LogP contribution in [0.25, 0.3) is 0 Å². The smallest absolute Gasteiger partial charge is 0.191 e. The van der Waals surface area contributed by atoms with E-state index in [1.54, 1.807) is 7.05 Å². The van der Waals surface area contributed by atoms with E-state index in [-0.39, 0.29) is 24.0 Å². The monoisotopic (exact) mass is 550 g/mol. The number of guanidine groups is 1. The van der Waals surface area contributed by atoms with Crippen LogP contribution in [0.5, 0.6) is 5.75 Å². The Bertz CT molecular complexity index is 878. The molecule has 0 spiro atoms. The molecule has 174 valence electrons. The fourth-order valence-electron chi connectivity index (χ4n) is 3.67. The fourth-order valence-corrected chi connectivity index (χ4v) is 3.67. The molecule has 2 fully saturated rings. The first kappa shape index (κ1) is 24.6. The summed E-state index contributed by atoms with van der Waals surface area (Å²) in [4.78, 5) is 6.74. The highest BCUT2D eigenvalue weighted by atomic mass is 127. The van der Waals surface area contributed by atoms with Crippen molar-refractivity contribution in [1.29, 1.82) is 0 Å². The van der Waals surface area contributed by atoms with Crippen LogP contribution in [0.4, 0.5) is 5.69 Å². The van der Waals surface area contributed by atoms with Gasteiger partial charge in [0, 0.05) is 44.5 Å². The van der Waals surface area contributed by atoms with Crippen LogP contribution >= 0.6 is 24.0 Å². The van der Waals surface area contributed by atoms with E-state index in [4.69, 9.17) is 9.47 Å². The summed E-state index contributed by atoms with van der Waals surface area (Å²) in [7, 11) is 1.80. The molecule has 0 unspecified atom stereocenters. The summed E-state index contributed by atoms with van der Waals surface area (Å²) < 4.78 is 11.5. The molecule has 32 heavy (non-hydrogen) atoms. The van der Waals surface area contributed by atoms with Gasteiger partial charge in [0.1, 0.15) is 5.75 Å². The van der Waals surface area contributed by atoms with Crippen molar-refractivity contribution in [3.8, 4) is 5.75 Å². The lowest BCUT2D eigenvalue weighted by Crippen LogP contribution is -2.36. The minimum atomic E-state index is 0. The number of ether oxygens (including phenoxy) is 2. The Morgan fingerprint density at radius 1 is 1.06 bits per heavy atom. The van der Waals surface area contributed by atoms with Gasteiger partial charge in [-0.3, -0.25) is 4.99 Å². The highest BCUT2D eigenvalue weighted by Gasteiger charge is 2.22. The number of aliphatic imine (C=N–C) groups is 1. The Balaban J connectivity index is 0.00000289. The molecule has 1 saturated carbocycles. The molecule has 0 amide bonds. The molecular formula is C25H35IN4O2.